The maximum Gasteiger partial charge on any atom is 0.335 e. The number of halogens is 2. The van der Waals surface area contributed by atoms with E-state index >= 15 is 0 Å². The Balaban J connectivity index is 2.77. The standard InChI is InChI=1S/C9H4BrFO2S/c10-7-3-4-1-5(9(12)13)2-6(11)8(4)14-7/h1-3H,(H,12,13). The largest absolute Gasteiger partial charge is 0.478 e. The van der Waals surface area contributed by atoms with Crippen molar-refractivity contribution in [2.75, 3.05) is 0 Å². The molecule has 0 saturated carbocycles. The number of hydrogen-bond donors (Lipinski definition) is 1. The molecule has 5 heteroatoms. The molecule has 0 bridgehead atoms. The van der Waals surface area contributed by atoms with E-state index in [1.807, 2.05) is 0 Å². The summed E-state index contributed by atoms with van der Waals surface area (Å²) in [4.78, 5) is 10.6. The molecule has 0 fully saturated rings. The highest BCUT2D eigenvalue weighted by Crippen LogP contribution is 2.32. The second kappa shape index (κ2) is 3.33. The van der Waals surface area contributed by atoms with E-state index in [1.165, 1.54) is 17.4 Å². The van der Waals surface area contributed by atoms with Gasteiger partial charge in [0.2, 0.25) is 0 Å². The van der Waals surface area contributed by atoms with E-state index < -0.39 is 11.8 Å². The molecule has 2 nitrogen and oxygen atoms in total. The van der Waals surface area contributed by atoms with Crippen molar-refractivity contribution in [1.82, 2.24) is 0 Å². The van der Waals surface area contributed by atoms with Crippen molar-refractivity contribution < 1.29 is 14.3 Å². The van der Waals surface area contributed by atoms with Gasteiger partial charge in [-0.05, 0) is 39.5 Å². The lowest BCUT2D eigenvalue weighted by atomic mass is 10.1. The van der Waals surface area contributed by atoms with Crippen LogP contribution in [-0.2, 0) is 0 Å². The van der Waals surface area contributed by atoms with Crippen LogP contribution in [0.1, 0.15) is 10.4 Å². The Kier molecular flexibility index (Phi) is 2.28. The highest BCUT2D eigenvalue weighted by atomic mass is 79.9. The minimum atomic E-state index is -1.12. The number of hydrogen-bond acceptors (Lipinski definition) is 2. The molecule has 1 aromatic heterocycles. The summed E-state index contributed by atoms with van der Waals surface area (Å²) in [5.41, 5.74) is -0.0275. The number of carboxylic acid groups (broad SMARTS) is 1. The number of thiophene rings is 1. The Morgan fingerprint density at radius 1 is 1.43 bits per heavy atom. The Bertz CT molecular complexity index is 521. The molecule has 0 amide bonds. The van der Waals surface area contributed by atoms with E-state index in [-0.39, 0.29) is 5.56 Å². The number of fused-ring (bicyclic) bond motifs is 1. The highest BCUT2D eigenvalue weighted by Gasteiger charge is 2.11. The fourth-order valence-corrected chi connectivity index (χ4v) is 2.71. The van der Waals surface area contributed by atoms with Crippen molar-refractivity contribution in [3.05, 3.63) is 33.4 Å². The summed E-state index contributed by atoms with van der Waals surface area (Å²) in [6, 6.07) is 4.20. The van der Waals surface area contributed by atoms with Gasteiger partial charge in [0.15, 0.2) is 0 Å². The lowest BCUT2D eigenvalue weighted by Gasteiger charge is -1.95. The Morgan fingerprint density at radius 3 is 2.79 bits per heavy atom. The molecule has 0 aliphatic carbocycles. The third kappa shape index (κ3) is 1.53. The number of rotatable bonds is 1. The summed E-state index contributed by atoms with van der Waals surface area (Å²) in [6.45, 7) is 0. The van der Waals surface area contributed by atoms with Crippen LogP contribution in [0.5, 0.6) is 0 Å². The normalized spacial score (nSPS) is 10.7. The zero-order valence-corrected chi connectivity index (χ0v) is 9.15. The van der Waals surface area contributed by atoms with Gasteiger partial charge >= 0.3 is 5.97 Å². The molecule has 72 valence electrons. The molecule has 1 N–H and O–H groups in total. The van der Waals surface area contributed by atoms with E-state index in [0.29, 0.717) is 10.1 Å². The van der Waals surface area contributed by atoms with Crippen molar-refractivity contribution in [3.63, 3.8) is 0 Å². The summed E-state index contributed by atoms with van der Waals surface area (Å²) >= 11 is 4.47. The van der Waals surface area contributed by atoms with Crippen LogP contribution >= 0.6 is 27.3 Å². The third-order valence-corrected chi connectivity index (χ3v) is 3.45. The summed E-state index contributed by atoms with van der Waals surface area (Å²) < 4.78 is 14.6. The lowest BCUT2D eigenvalue weighted by molar-refractivity contribution is 0.0696. The molecule has 0 saturated heterocycles. The third-order valence-electron chi connectivity index (χ3n) is 1.79. The first-order valence-electron chi connectivity index (χ1n) is 3.70. The van der Waals surface area contributed by atoms with E-state index in [2.05, 4.69) is 15.9 Å². The van der Waals surface area contributed by atoms with Gasteiger partial charge in [-0.15, -0.1) is 11.3 Å². The molecule has 0 spiro atoms. The molecule has 0 aliphatic rings. The maximum atomic E-state index is 13.3. The minimum absolute atomic E-state index is 0.0275. The molecule has 0 radical (unpaired) electrons. The molecule has 2 rings (SSSR count). The van der Waals surface area contributed by atoms with Crippen LogP contribution in [0.25, 0.3) is 10.1 Å². The van der Waals surface area contributed by atoms with E-state index in [4.69, 9.17) is 5.11 Å². The van der Waals surface area contributed by atoms with Gasteiger partial charge in [-0.2, -0.15) is 0 Å². The smallest absolute Gasteiger partial charge is 0.335 e. The van der Waals surface area contributed by atoms with Crippen molar-refractivity contribution >= 4 is 43.3 Å². The second-order valence-corrected chi connectivity index (χ2v) is 5.16. The van der Waals surface area contributed by atoms with Gasteiger partial charge in [0.25, 0.3) is 0 Å². The van der Waals surface area contributed by atoms with Gasteiger partial charge in [0.1, 0.15) is 5.82 Å². The predicted molar refractivity (Wildman–Crippen MR) is 56.4 cm³/mol. The fourth-order valence-electron chi connectivity index (χ4n) is 1.20. The van der Waals surface area contributed by atoms with Crippen LogP contribution in [0.2, 0.25) is 0 Å². The van der Waals surface area contributed by atoms with E-state index in [0.717, 1.165) is 9.85 Å². The van der Waals surface area contributed by atoms with E-state index in [9.17, 15) is 9.18 Å². The van der Waals surface area contributed by atoms with Gasteiger partial charge in [0, 0.05) is 0 Å². The topological polar surface area (TPSA) is 37.3 Å². The Labute approximate surface area is 91.1 Å². The summed E-state index contributed by atoms with van der Waals surface area (Å²) in [7, 11) is 0. The Morgan fingerprint density at radius 2 is 2.14 bits per heavy atom. The van der Waals surface area contributed by atoms with Crippen LogP contribution in [0.4, 0.5) is 4.39 Å². The molecular weight excluding hydrogens is 271 g/mol. The number of aromatic carboxylic acids is 1. The average Bonchev–Trinajstić information content (AvgIpc) is 2.45. The summed E-state index contributed by atoms with van der Waals surface area (Å²) in [6.07, 6.45) is 0. The molecule has 1 aromatic carbocycles. The molecule has 0 unspecified atom stereocenters. The number of benzene rings is 1. The van der Waals surface area contributed by atoms with Crippen molar-refractivity contribution in [1.29, 1.82) is 0 Å². The van der Waals surface area contributed by atoms with Crippen molar-refractivity contribution in [3.8, 4) is 0 Å². The lowest BCUT2D eigenvalue weighted by Crippen LogP contribution is -1.96. The van der Waals surface area contributed by atoms with Gasteiger partial charge in [-0.3, -0.25) is 0 Å². The molecule has 1 heterocycles. The number of carboxylic acids is 1. The predicted octanol–water partition coefficient (Wildman–Crippen LogP) is 3.50. The van der Waals surface area contributed by atoms with Crippen molar-refractivity contribution in [2.45, 2.75) is 0 Å². The molecule has 0 atom stereocenters. The monoisotopic (exact) mass is 274 g/mol. The van der Waals surface area contributed by atoms with Crippen LogP contribution in [-0.4, -0.2) is 11.1 Å². The average molecular weight is 275 g/mol. The minimum Gasteiger partial charge on any atom is -0.478 e. The van der Waals surface area contributed by atoms with Gasteiger partial charge < -0.3 is 5.11 Å². The van der Waals surface area contributed by atoms with E-state index in [1.54, 1.807) is 6.07 Å². The fraction of sp³-hybridized carbons (Fsp3) is 0. The zero-order chi connectivity index (χ0) is 10.3. The molecular formula is C9H4BrFO2S. The summed E-state index contributed by atoms with van der Waals surface area (Å²) in [5.74, 6) is -1.61. The first-order valence-corrected chi connectivity index (χ1v) is 5.31. The van der Waals surface area contributed by atoms with Gasteiger partial charge in [0.05, 0.1) is 14.0 Å². The van der Waals surface area contributed by atoms with Crippen LogP contribution in [0, 0.1) is 5.82 Å². The molecule has 0 aliphatic heterocycles. The first-order chi connectivity index (χ1) is 6.58. The van der Waals surface area contributed by atoms with Crippen LogP contribution in [0.3, 0.4) is 0 Å². The zero-order valence-electron chi connectivity index (χ0n) is 6.75. The van der Waals surface area contributed by atoms with Crippen LogP contribution < -0.4 is 0 Å². The van der Waals surface area contributed by atoms with Crippen molar-refractivity contribution in [2.24, 2.45) is 0 Å². The Hall–Kier alpha value is -0.940. The molecule has 2 aromatic rings. The maximum absolute atomic E-state index is 13.3. The molecule has 14 heavy (non-hydrogen) atoms. The number of carbonyl (C=O) groups is 1. The quantitative estimate of drug-likeness (QED) is 0.864. The SMILES string of the molecule is O=C(O)c1cc(F)c2sc(Br)cc2c1. The highest BCUT2D eigenvalue weighted by molar-refractivity contribution is 9.11. The van der Waals surface area contributed by atoms with Crippen LogP contribution in [0.15, 0.2) is 22.0 Å². The second-order valence-electron chi connectivity index (χ2n) is 2.73. The first kappa shape index (κ1) is 9.61. The summed E-state index contributed by atoms with van der Waals surface area (Å²) in [5, 5.41) is 9.31. The van der Waals surface area contributed by atoms with Gasteiger partial charge in [-0.1, -0.05) is 0 Å². The van der Waals surface area contributed by atoms with Gasteiger partial charge in [-0.25, -0.2) is 9.18 Å².